The lowest BCUT2D eigenvalue weighted by Crippen LogP contribution is -2.42. The molecule has 1 aromatic carbocycles. The predicted octanol–water partition coefficient (Wildman–Crippen LogP) is 2.42. The second-order valence-electron chi connectivity index (χ2n) is 4.38. The Kier molecular flexibility index (Phi) is 3.37. The fourth-order valence-corrected chi connectivity index (χ4v) is 1.00. The van der Waals surface area contributed by atoms with Gasteiger partial charge in [0.05, 0.1) is 0 Å². The topological polar surface area (TPSA) is 58.6 Å². The Morgan fingerprint density at radius 3 is 2.56 bits per heavy atom. The Labute approximate surface area is 93.0 Å². The fourth-order valence-electron chi connectivity index (χ4n) is 1.00. The summed E-state index contributed by atoms with van der Waals surface area (Å²) in [6, 6.07) is 3.30. The van der Waals surface area contributed by atoms with Crippen LogP contribution in [0.15, 0.2) is 18.2 Å². The summed E-state index contributed by atoms with van der Waals surface area (Å²) < 4.78 is 17.9. The maximum atomic E-state index is 13.2. The van der Waals surface area contributed by atoms with Crippen LogP contribution in [0.3, 0.4) is 0 Å². The zero-order chi connectivity index (χ0) is 12.3. The van der Waals surface area contributed by atoms with E-state index in [1.54, 1.807) is 20.8 Å². The monoisotopic (exact) mass is 227 g/mol. The van der Waals surface area contributed by atoms with Crippen LogP contribution >= 0.6 is 0 Å². The second kappa shape index (κ2) is 4.38. The molecule has 1 amide bonds. The number of carbonyl (C=O) groups is 1. The number of nitrogens with one attached hydrogen (secondary N) is 1. The third-order valence-corrected chi connectivity index (χ3v) is 1.60. The van der Waals surface area contributed by atoms with Crippen molar-refractivity contribution in [2.45, 2.75) is 26.3 Å². The molecule has 0 aliphatic rings. The van der Waals surface area contributed by atoms with Crippen molar-refractivity contribution in [2.24, 2.45) is 0 Å². The van der Waals surface area contributed by atoms with Gasteiger partial charge in [0.15, 0.2) is 11.6 Å². The number of aromatic hydroxyl groups is 1. The number of benzene rings is 1. The minimum absolute atomic E-state index is 0.221. The van der Waals surface area contributed by atoms with E-state index in [-0.39, 0.29) is 11.5 Å². The van der Waals surface area contributed by atoms with Gasteiger partial charge in [0.1, 0.15) is 5.75 Å². The number of amides is 1. The average molecular weight is 227 g/mol. The van der Waals surface area contributed by atoms with Gasteiger partial charge in [0, 0.05) is 11.6 Å². The lowest BCUT2D eigenvalue weighted by Gasteiger charge is -2.19. The van der Waals surface area contributed by atoms with Crippen LogP contribution in [-0.4, -0.2) is 16.7 Å². The number of ether oxygens (including phenoxy) is 1. The summed E-state index contributed by atoms with van der Waals surface area (Å²) in [7, 11) is 0. The molecule has 0 saturated carbocycles. The van der Waals surface area contributed by atoms with Crippen LogP contribution in [0.4, 0.5) is 9.18 Å². The molecule has 0 fully saturated rings. The number of carbonyl (C=O) groups excluding carboxylic acids is 1. The fraction of sp³-hybridized carbons (Fsp3) is 0.364. The highest BCUT2D eigenvalue weighted by Gasteiger charge is 2.16. The quantitative estimate of drug-likeness (QED) is 0.774. The van der Waals surface area contributed by atoms with Gasteiger partial charge in [0.2, 0.25) is 0 Å². The average Bonchev–Trinajstić information content (AvgIpc) is 2.06. The Balaban J connectivity index is 2.70. The van der Waals surface area contributed by atoms with Gasteiger partial charge < -0.3 is 15.2 Å². The predicted molar refractivity (Wildman–Crippen MR) is 57.0 cm³/mol. The van der Waals surface area contributed by atoms with Crippen LogP contribution in [0.2, 0.25) is 0 Å². The Bertz CT molecular complexity index is 399. The first-order chi connectivity index (χ1) is 7.28. The molecule has 0 spiro atoms. The van der Waals surface area contributed by atoms with Gasteiger partial charge in [-0.05, 0) is 32.9 Å². The van der Waals surface area contributed by atoms with E-state index < -0.39 is 17.4 Å². The van der Waals surface area contributed by atoms with Crippen molar-refractivity contribution >= 4 is 6.09 Å². The molecule has 0 bridgehead atoms. The van der Waals surface area contributed by atoms with Crippen molar-refractivity contribution in [3.8, 4) is 11.5 Å². The van der Waals surface area contributed by atoms with Crippen molar-refractivity contribution in [2.75, 3.05) is 0 Å². The molecule has 0 aliphatic carbocycles. The van der Waals surface area contributed by atoms with Gasteiger partial charge in [-0.1, -0.05) is 0 Å². The standard InChI is InChI=1S/C11H14FNO3/c1-11(2,3)13-10(15)16-9-5-4-7(14)6-8(9)12/h4-6,14H,1-3H3,(H,13,15). The molecular formula is C11H14FNO3. The van der Waals surface area contributed by atoms with Gasteiger partial charge in [-0.15, -0.1) is 0 Å². The van der Waals surface area contributed by atoms with E-state index in [1.807, 2.05) is 0 Å². The van der Waals surface area contributed by atoms with Gasteiger partial charge in [-0.25, -0.2) is 9.18 Å². The lowest BCUT2D eigenvalue weighted by molar-refractivity contribution is 0.188. The minimum atomic E-state index is -0.788. The van der Waals surface area contributed by atoms with Crippen LogP contribution in [0.5, 0.6) is 11.5 Å². The van der Waals surface area contributed by atoms with Crippen molar-refractivity contribution in [1.29, 1.82) is 0 Å². The Morgan fingerprint density at radius 2 is 2.06 bits per heavy atom. The van der Waals surface area contributed by atoms with E-state index in [2.05, 4.69) is 5.32 Å². The molecule has 0 aromatic heterocycles. The van der Waals surface area contributed by atoms with E-state index >= 15 is 0 Å². The molecule has 2 N–H and O–H groups in total. The molecule has 88 valence electrons. The van der Waals surface area contributed by atoms with E-state index in [1.165, 1.54) is 12.1 Å². The highest BCUT2D eigenvalue weighted by Crippen LogP contribution is 2.21. The summed E-state index contributed by atoms with van der Waals surface area (Å²) in [6.45, 7) is 5.34. The van der Waals surface area contributed by atoms with Gasteiger partial charge in [-0.3, -0.25) is 0 Å². The number of hydrogen-bond acceptors (Lipinski definition) is 3. The summed E-state index contributed by atoms with van der Waals surface area (Å²) in [5.41, 5.74) is -0.454. The van der Waals surface area contributed by atoms with Crippen molar-refractivity contribution < 1.29 is 19.0 Å². The SMILES string of the molecule is CC(C)(C)NC(=O)Oc1ccc(O)cc1F. The molecule has 5 heteroatoms. The number of hydrogen-bond donors (Lipinski definition) is 2. The molecule has 0 aliphatic heterocycles. The zero-order valence-electron chi connectivity index (χ0n) is 9.37. The molecule has 0 radical (unpaired) electrons. The van der Waals surface area contributed by atoms with Crippen LogP contribution in [0, 0.1) is 5.82 Å². The number of phenolic OH excluding ortho intramolecular Hbond substituents is 1. The molecule has 16 heavy (non-hydrogen) atoms. The highest BCUT2D eigenvalue weighted by molar-refractivity contribution is 5.71. The molecule has 1 aromatic rings. The van der Waals surface area contributed by atoms with E-state index in [9.17, 15) is 9.18 Å². The number of rotatable bonds is 1. The Hall–Kier alpha value is -1.78. The molecule has 0 heterocycles. The van der Waals surface area contributed by atoms with E-state index in [4.69, 9.17) is 9.84 Å². The first-order valence-corrected chi connectivity index (χ1v) is 4.76. The summed E-state index contributed by atoms with van der Waals surface area (Å²) in [5, 5.41) is 11.5. The molecule has 0 unspecified atom stereocenters. The number of phenols is 1. The maximum absolute atomic E-state index is 13.2. The second-order valence-corrected chi connectivity index (χ2v) is 4.38. The van der Waals surface area contributed by atoms with Crippen LogP contribution < -0.4 is 10.1 Å². The summed E-state index contributed by atoms with van der Waals surface area (Å²) in [6.07, 6.45) is -0.739. The van der Waals surface area contributed by atoms with Crippen LogP contribution in [0.1, 0.15) is 20.8 Å². The normalized spacial score (nSPS) is 11.0. The largest absolute Gasteiger partial charge is 0.508 e. The van der Waals surface area contributed by atoms with Crippen molar-refractivity contribution in [1.82, 2.24) is 5.32 Å². The van der Waals surface area contributed by atoms with Gasteiger partial charge >= 0.3 is 6.09 Å². The summed E-state index contributed by atoms with van der Waals surface area (Å²) in [4.78, 5) is 11.3. The maximum Gasteiger partial charge on any atom is 0.413 e. The smallest absolute Gasteiger partial charge is 0.413 e. The summed E-state index contributed by atoms with van der Waals surface area (Å²) >= 11 is 0. The number of halogens is 1. The van der Waals surface area contributed by atoms with E-state index in [0.29, 0.717) is 0 Å². The molecule has 0 saturated heterocycles. The first kappa shape index (κ1) is 12.3. The van der Waals surface area contributed by atoms with Crippen LogP contribution in [0.25, 0.3) is 0 Å². The zero-order valence-corrected chi connectivity index (χ0v) is 9.37. The molecular weight excluding hydrogens is 213 g/mol. The molecule has 1 rings (SSSR count). The van der Waals surface area contributed by atoms with Crippen LogP contribution in [-0.2, 0) is 0 Å². The highest BCUT2D eigenvalue weighted by atomic mass is 19.1. The molecule has 4 nitrogen and oxygen atoms in total. The van der Waals surface area contributed by atoms with Crippen molar-refractivity contribution in [3.05, 3.63) is 24.0 Å². The van der Waals surface area contributed by atoms with E-state index in [0.717, 1.165) is 6.07 Å². The van der Waals surface area contributed by atoms with Gasteiger partial charge in [-0.2, -0.15) is 0 Å². The lowest BCUT2D eigenvalue weighted by atomic mass is 10.1. The Morgan fingerprint density at radius 1 is 1.44 bits per heavy atom. The third kappa shape index (κ3) is 3.76. The van der Waals surface area contributed by atoms with Crippen molar-refractivity contribution in [3.63, 3.8) is 0 Å². The first-order valence-electron chi connectivity index (χ1n) is 4.76. The minimum Gasteiger partial charge on any atom is -0.508 e. The third-order valence-electron chi connectivity index (χ3n) is 1.60. The molecule has 0 atom stereocenters. The summed E-state index contributed by atoms with van der Waals surface area (Å²) in [5.74, 6) is -1.23. The van der Waals surface area contributed by atoms with Gasteiger partial charge in [0.25, 0.3) is 0 Å².